The molecule has 4 aliphatic rings. The highest BCUT2D eigenvalue weighted by Crippen LogP contribution is 2.67. The van der Waals surface area contributed by atoms with Crippen molar-refractivity contribution in [2.75, 3.05) is 13.1 Å². The molecule has 2 bridgehead atoms. The number of hydrogen-bond acceptors (Lipinski definition) is 11. The van der Waals surface area contributed by atoms with Gasteiger partial charge in [0.05, 0.1) is 29.8 Å². The Kier molecular flexibility index (Phi) is 9.64. The third-order valence-electron chi connectivity index (χ3n) is 12.5. The van der Waals surface area contributed by atoms with E-state index in [0.717, 1.165) is 0 Å². The zero-order chi connectivity index (χ0) is 34.7. The number of ether oxygens (including phenoxy) is 3. The molecule has 12 heteroatoms. The molecule has 3 fully saturated rings. The summed E-state index contributed by atoms with van der Waals surface area (Å²) in [5, 5.41) is 45.3. The average molecular weight is 656 g/mol. The molecule has 1 aromatic carbocycles. The number of hydroxylamine groups is 1. The molecule has 1 aliphatic heterocycles. The Balaban J connectivity index is 1.62. The van der Waals surface area contributed by atoms with Gasteiger partial charge in [0, 0.05) is 30.1 Å². The number of hydrogen-bond donors (Lipinski definition) is 5. The largest absolute Gasteiger partial charge is 0.456 e. The maximum Gasteiger partial charge on any atom is 0.335 e. The molecular formula is C35H50BNO10. The first-order chi connectivity index (χ1) is 22.0. The maximum atomic E-state index is 14.9. The summed E-state index contributed by atoms with van der Waals surface area (Å²) in [5.41, 5.74) is -1.14. The molecule has 11 nitrogen and oxygen atoms in total. The first-order valence-corrected chi connectivity index (χ1v) is 16.8. The molecule has 258 valence electrons. The summed E-state index contributed by atoms with van der Waals surface area (Å²) in [7, 11) is 0.226. The van der Waals surface area contributed by atoms with Crippen molar-refractivity contribution in [2.45, 2.75) is 110 Å². The van der Waals surface area contributed by atoms with E-state index in [1.165, 1.54) is 0 Å². The molecule has 11 atom stereocenters. The third kappa shape index (κ3) is 5.40. The van der Waals surface area contributed by atoms with Crippen LogP contribution in [0.1, 0.15) is 79.1 Å². The second kappa shape index (κ2) is 12.7. The number of carbonyl (C=O) groups is 3. The Morgan fingerprint density at radius 3 is 2.38 bits per heavy atom. The summed E-state index contributed by atoms with van der Waals surface area (Å²) in [5.74, 6) is -3.88. The van der Waals surface area contributed by atoms with Gasteiger partial charge in [0.15, 0.2) is 25.3 Å². The number of aliphatic hydroxyl groups is 3. The van der Waals surface area contributed by atoms with Crippen molar-refractivity contribution in [3.63, 3.8) is 0 Å². The Morgan fingerprint density at radius 1 is 1.15 bits per heavy atom. The molecule has 1 saturated heterocycles. The van der Waals surface area contributed by atoms with Crippen LogP contribution in [0.15, 0.2) is 41.5 Å². The second-order valence-corrected chi connectivity index (χ2v) is 15.1. The fraction of sp³-hybridized carbons (Fsp3) is 0.686. The van der Waals surface area contributed by atoms with E-state index >= 15 is 0 Å². The van der Waals surface area contributed by atoms with Crippen LogP contribution in [0.25, 0.3) is 0 Å². The average Bonchev–Trinajstić information content (AvgIpc) is 3.03. The Labute approximate surface area is 277 Å². The number of rotatable bonds is 9. The molecular weight excluding hydrogens is 605 g/mol. The topological polar surface area (TPSA) is 172 Å². The lowest BCUT2D eigenvalue weighted by Gasteiger charge is -2.68. The summed E-state index contributed by atoms with van der Waals surface area (Å²) in [4.78, 5) is 41.6. The minimum atomic E-state index is -1.61. The normalized spacial score (nSPS) is 38.8. The van der Waals surface area contributed by atoms with Crippen LogP contribution in [0.3, 0.4) is 0 Å². The molecule has 0 amide bonds. The van der Waals surface area contributed by atoms with E-state index < -0.39 is 81.6 Å². The molecule has 0 spiro atoms. The van der Waals surface area contributed by atoms with Crippen molar-refractivity contribution in [1.82, 2.24) is 5.48 Å². The van der Waals surface area contributed by atoms with Crippen molar-refractivity contribution in [1.29, 1.82) is 0 Å². The van der Waals surface area contributed by atoms with Crippen LogP contribution in [-0.2, 0) is 28.6 Å². The first kappa shape index (κ1) is 35.7. The SMILES string of the molecule is CCC(=O)O[C@H]1C(=O)[C@@]2(C)[C@H]([C@H](C)[C@]3(O)C[C@H](OC(=O)[C@H](O)[C@@H](BCNO)c4ccccc4)C(C)=C1C3(C)C)[C@]1(C)CO[C@@H]1C[C@@H]2O. The Bertz CT molecular complexity index is 1420. The summed E-state index contributed by atoms with van der Waals surface area (Å²) >= 11 is 0. The van der Waals surface area contributed by atoms with Crippen LogP contribution in [0.2, 0.25) is 0 Å². The van der Waals surface area contributed by atoms with Crippen LogP contribution in [0, 0.1) is 28.1 Å². The van der Waals surface area contributed by atoms with Gasteiger partial charge in [0.1, 0.15) is 6.10 Å². The number of carbonyl (C=O) groups excluding carboxylic acids is 3. The zero-order valence-corrected chi connectivity index (χ0v) is 28.5. The van der Waals surface area contributed by atoms with Crippen molar-refractivity contribution < 1.29 is 49.1 Å². The van der Waals surface area contributed by atoms with Crippen LogP contribution >= 0.6 is 0 Å². The smallest absolute Gasteiger partial charge is 0.335 e. The standard InChI is InChI=1S/C35H50BNO10/c1-8-24(39)47-28-25-18(2)21(46-31(42)27(40)26(36-17-37-44)20-12-10-9-11-13-20)15-35(43,32(25,4)5)19(3)29-33(6)16-45-23(33)14-22(38)34(29,7)30(28)41/h9-13,19,21-23,26-29,36-38,40,43-44H,8,14-17H2,1-7H3/t19-,21-,22-,23+,26-,27+,28+,29+,33+,34+,35+/m0/s1. The van der Waals surface area contributed by atoms with E-state index in [1.54, 1.807) is 45.0 Å². The number of Topliss-reactive ketones (excluding diaryl/α,β-unsaturated/α-hetero) is 1. The minimum absolute atomic E-state index is 0.00170. The quantitative estimate of drug-likeness (QED) is 0.114. The first-order valence-electron chi connectivity index (χ1n) is 16.8. The molecule has 1 heterocycles. The fourth-order valence-corrected chi connectivity index (χ4v) is 9.67. The highest BCUT2D eigenvalue weighted by molar-refractivity contribution is 6.39. The van der Waals surface area contributed by atoms with Gasteiger partial charge in [-0.1, -0.05) is 65.0 Å². The molecule has 47 heavy (non-hydrogen) atoms. The van der Waals surface area contributed by atoms with Crippen LogP contribution in [0.4, 0.5) is 0 Å². The van der Waals surface area contributed by atoms with E-state index in [-0.39, 0.29) is 39.1 Å². The fourth-order valence-electron chi connectivity index (χ4n) is 9.67. The molecule has 3 aliphatic carbocycles. The van der Waals surface area contributed by atoms with Gasteiger partial charge in [0.25, 0.3) is 0 Å². The lowest BCUT2D eigenvalue weighted by molar-refractivity contribution is -0.302. The van der Waals surface area contributed by atoms with E-state index in [2.05, 4.69) is 5.48 Å². The van der Waals surface area contributed by atoms with Crippen LogP contribution in [0.5, 0.6) is 0 Å². The summed E-state index contributed by atoms with van der Waals surface area (Å²) in [6.07, 6.45) is -5.23. The maximum absolute atomic E-state index is 14.9. The summed E-state index contributed by atoms with van der Waals surface area (Å²) < 4.78 is 17.9. The zero-order valence-electron chi connectivity index (χ0n) is 28.5. The van der Waals surface area contributed by atoms with Gasteiger partial charge in [-0.3, -0.25) is 9.59 Å². The number of fused-ring (bicyclic) bond motifs is 5. The van der Waals surface area contributed by atoms with Crippen molar-refractivity contribution in [3.05, 3.63) is 47.0 Å². The molecule has 2 saturated carbocycles. The third-order valence-corrected chi connectivity index (χ3v) is 12.5. The number of esters is 2. The van der Waals surface area contributed by atoms with Gasteiger partial charge in [-0.05, 0) is 54.7 Å². The number of benzene rings is 1. The summed E-state index contributed by atoms with van der Waals surface area (Å²) in [6, 6.07) is 8.96. The molecule has 5 N–H and O–H groups in total. The number of nitrogens with one attached hydrogen (secondary N) is 1. The molecule has 0 aromatic heterocycles. The van der Waals surface area contributed by atoms with E-state index in [9.17, 15) is 34.9 Å². The van der Waals surface area contributed by atoms with Crippen molar-refractivity contribution >= 4 is 25.0 Å². The van der Waals surface area contributed by atoms with E-state index in [4.69, 9.17) is 14.2 Å². The van der Waals surface area contributed by atoms with Crippen LogP contribution in [-0.4, -0.2) is 94.7 Å². The van der Waals surface area contributed by atoms with Gasteiger partial charge in [0.2, 0.25) is 0 Å². The lowest BCUT2D eigenvalue weighted by Crippen LogP contribution is -2.75. The number of ketones is 1. The van der Waals surface area contributed by atoms with E-state index in [0.29, 0.717) is 23.3 Å². The molecule has 0 unspecified atom stereocenters. The van der Waals surface area contributed by atoms with Gasteiger partial charge in [-0.25, -0.2) is 10.3 Å². The Morgan fingerprint density at radius 2 is 1.81 bits per heavy atom. The monoisotopic (exact) mass is 655 g/mol. The summed E-state index contributed by atoms with van der Waals surface area (Å²) in [6.45, 7) is 12.9. The molecule has 0 radical (unpaired) electrons. The van der Waals surface area contributed by atoms with Gasteiger partial charge >= 0.3 is 11.9 Å². The highest BCUT2D eigenvalue weighted by atomic mass is 16.6. The van der Waals surface area contributed by atoms with Crippen molar-refractivity contribution in [2.24, 2.45) is 28.1 Å². The van der Waals surface area contributed by atoms with E-state index in [1.807, 2.05) is 33.8 Å². The lowest BCUT2D eigenvalue weighted by atomic mass is 9.40. The predicted molar refractivity (Wildman–Crippen MR) is 172 cm³/mol. The van der Waals surface area contributed by atoms with Gasteiger partial charge in [-0.2, -0.15) is 0 Å². The Hall–Kier alpha value is -2.61. The molecule has 1 aromatic rings. The highest BCUT2D eigenvalue weighted by Gasteiger charge is 2.73. The second-order valence-electron chi connectivity index (χ2n) is 15.1. The van der Waals surface area contributed by atoms with Crippen molar-refractivity contribution in [3.8, 4) is 0 Å². The van der Waals surface area contributed by atoms with Gasteiger partial charge < -0.3 is 34.7 Å². The predicted octanol–water partition coefficient (Wildman–Crippen LogP) is 2.18. The van der Waals surface area contributed by atoms with Crippen LogP contribution < -0.4 is 5.48 Å². The minimum Gasteiger partial charge on any atom is -0.456 e. The molecule has 5 rings (SSSR count). The number of aliphatic hydroxyl groups excluding tert-OH is 2. The van der Waals surface area contributed by atoms with Gasteiger partial charge in [-0.15, -0.1) is 0 Å².